The highest BCUT2D eigenvalue weighted by Crippen LogP contribution is 2.15. The van der Waals surface area contributed by atoms with Crippen LogP contribution < -0.4 is 10.9 Å². The van der Waals surface area contributed by atoms with Gasteiger partial charge in [0.1, 0.15) is 5.69 Å². The third-order valence-electron chi connectivity index (χ3n) is 4.03. The van der Waals surface area contributed by atoms with Gasteiger partial charge < -0.3 is 10.1 Å². The largest absolute Gasteiger partial charge is 0.383 e. The van der Waals surface area contributed by atoms with Crippen LogP contribution in [0.2, 0.25) is 0 Å². The van der Waals surface area contributed by atoms with Gasteiger partial charge in [-0.2, -0.15) is 5.10 Å². The Hall–Kier alpha value is -3.58. The summed E-state index contributed by atoms with van der Waals surface area (Å²) in [5.41, 5.74) is 1.27. The van der Waals surface area contributed by atoms with E-state index in [1.807, 2.05) is 6.07 Å². The molecule has 0 aliphatic heterocycles. The highest BCUT2D eigenvalue weighted by atomic mass is 16.5. The number of benzene rings is 2. The maximum Gasteiger partial charge on any atom is 0.276 e. The topological polar surface area (TPSA) is 90.3 Å². The van der Waals surface area contributed by atoms with Crippen LogP contribution in [0.5, 0.6) is 0 Å². The van der Waals surface area contributed by atoms with E-state index in [0.717, 1.165) is 0 Å². The third-order valence-corrected chi connectivity index (χ3v) is 4.03. The van der Waals surface area contributed by atoms with Crippen LogP contribution in [0.4, 0.5) is 5.69 Å². The van der Waals surface area contributed by atoms with Crippen LogP contribution in [0.3, 0.4) is 0 Å². The van der Waals surface area contributed by atoms with E-state index in [2.05, 4.69) is 10.4 Å². The first-order chi connectivity index (χ1) is 13.6. The van der Waals surface area contributed by atoms with Crippen molar-refractivity contribution in [3.8, 4) is 0 Å². The Morgan fingerprint density at radius 3 is 2.50 bits per heavy atom. The van der Waals surface area contributed by atoms with Gasteiger partial charge in [-0.3, -0.25) is 14.4 Å². The molecule has 1 aromatic heterocycles. The Labute approximate surface area is 161 Å². The maximum atomic E-state index is 12.6. The zero-order valence-electron chi connectivity index (χ0n) is 15.3. The lowest BCUT2D eigenvalue weighted by molar-refractivity contribution is 0.101. The molecule has 142 valence electrons. The Balaban J connectivity index is 1.78. The summed E-state index contributed by atoms with van der Waals surface area (Å²) in [5, 5.41) is 6.76. The summed E-state index contributed by atoms with van der Waals surface area (Å²) >= 11 is 0. The van der Waals surface area contributed by atoms with Crippen LogP contribution in [-0.2, 0) is 11.3 Å². The molecule has 0 aliphatic rings. The Kier molecular flexibility index (Phi) is 6.08. The average molecular weight is 377 g/mol. The van der Waals surface area contributed by atoms with Gasteiger partial charge in [0.05, 0.1) is 13.2 Å². The fourth-order valence-corrected chi connectivity index (χ4v) is 2.60. The zero-order chi connectivity index (χ0) is 19.9. The van der Waals surface area contributed by atoms with Crippen LogP contribution in [0.1, 0.15) is 26.4 Å². The zero-order valence-corrected chi connectivity index (χ0v) is 15.3. The van der Waals surface area contributed by atoms with Crippen molar-refractivity contribution in [2.24, 2.45) is 0 Å². The standard InChI is InChI=1S/C21H19N3O4/c1-28-13-12-24-19(25)11-10-18(23-24)21(27)22-17-9-5-8-16(14-17)20(26)15-6-3-2-4-7-15/h2-11,14H,12-13H2,1H3,(H,22,27). The SMILES string of the molecule is COCCn1nc(C(=O)Nc2cccc(C(=O)c3ccccc3)c2)ccc1=O. The molecule has 0 unspecified atom stereocenters. The Morgan fingerprint density at radius 2 is 1.75 bits per heavy atom. The lowest BCUT2D eigenvalue weighted by Gasteiger charge is -2.09. The summed E-state index contributed by atoms with van der Waals surface area (Å²) < 4.78 is 6.11. The maximum absolute atomic E-state index is 12.6. The number of nitrogens with zero attached hydrogens (tertiary/aromatic N) is 2. The number of nitrogens with one attached hydrogen (secondary N) is 1. The third kappa shape index (κ3) is 4.57. The molecule has 0 saturated carbocycles. The van der Waals surface area contributed by atoms with Gasteiger partial charge >= 0.3 is 0 Å². The summed E-state index contributed by atoms with van der Waals surface area (Å²) in [6.07, 6.45) is 0. The molecule has 1 N–H and O–H groups in total. The first-order valence-electron chi connectivity index (χ1n) is 8.67. The van der Waals surface area contributed by atoms with Gasteiger partial charge in [0, 0.05) is 30.0 Å². The lowest BCUT2D eigenvalue weighted by atomic mass is 10.0. The van der Waals surface area contributed by atoms with E-state index >= 15 is 0 Å². The monoisotopic (exact) mass is 377 g/mol. The van der Waals surface area contributed by atoms with Gasteiger partial charge in [0.15, 0.2) is 5.78 Å². The second-order valence-corrected chi connectivity index (χ2v) is 6.00. The number of ether oxygens (including phenoxy) is 1. The minimum absolute atomic E-state index is 0.0930. The average Bonchev–Trinajstić information content (AvgIpc) is 2.73. The van der Waals surface area contributed by atoms with Gasteiger partial charge in [0.2, 0.25) is 0 Å². The second kappa shape index (κ2) is 8.88. The Bertz CT molecular complexity index is 1040. The number of hydrogen-bond acceptors (Lipinski definition) is 5. The molecule has 0 atom stereocenters. The predicted molar refractivity (Wildman–Crippen MR) is 105 cm³/mol. The molecule has 0 fully saturated rings. The van der Waals surface area contributed by atoms with Crippen LogP contribution in [0.15, 0.2) is 71.5 Å². The number of carbonyl (C=O) groups excluding carboxylic acids is 2. The number of aromatic nitrogens is 2. The molecule has 0 aliphatic carbocycles. The van der Waals surface area contributed by atoms with Crippen molar-refractivity contribution in [2.75, 3.05) is 19.0 Å². The van der Waals surface area contributed by atoms with Gasteiger partial charge in [-0.15, -0.1) is 0 Å². The molecular weight excluding hydrogens is 358 g/mol. The highest BCUT2D eigenvalue weighted by molar-refractivity contribution is 6.10. The van der Waals surface area contributed by atoms with Crippen molar-refractivity contribution in [1.82, 2.24) is 9.78 Å². The summed E-state index contributed by atoms with van der Waals surface area (Å²) in [6.45, 7) is 0.555. The summed E-state index contributed by atoms with van der Waals surface area (Å²) in [7, 11) is 1.52. The van der Waals surface area contributed by atoms with Crippen LogP contribution in [0, 0.1) is 0 Å². The fourth-order valence-electron chi connectivity index (χ4n) is 2.60. The first kappa shape index (κ1) is 19.2. The van der Waals surface area contributed by atoms with Crippen molar-refractivity contribution in [3.63, 3.8) is 0 Å². The number of methoxy groups -OCH3 is 1. The number of anilines is 1. The molecule has 7 nitrogen and oxygen atoms in total. The summed E-state index contributed by atoms with van der Waals surface area (Å²) in [6, 6.07) is 18.2. The van der Waals surface area contributed by atoms with E-state index in [1.54, 1.807) is 48.5 Å². The molecule has 7 heteroatoms. The lowest BCUT2D eigenvalue weighted by Crippen LogP contribution is -2.27. The molecule has 1 heterocycles. The minimum Gasteiger partial charge on any atom is -0.383 e. The summed E-state index contributed by atoms with van der Waals surface area (Å²) in [4.78, 5) is 36.8. The van der Waals surface area contributed by atoms with Crippen molar-refractivity contribution in [3.05, 3.63) is 93.9 Å². The highest BCUT2D eigenvalue weighted by Gasteiger charge is 2.13. The number of amides is 1. The predicted octanol–water partition coefficient (Wildman–Crippen LogP) is 2.37. The molecule has 0 spiro atoms. The van der Waals surface area contributed by atoms with E-state index in [-0.39, 0.29) is 23.6 Å². The number of rotatable bonds is 7. The number of hydrogen-bond donors (Lipinski definition) is 1. The van der Waals surface area contributed by atoms with Crippen molar-refractivity contribution in [1.29, 1.82) is 0 Å². The molecule has 0 saturated heterocycles. The van der Waals surface area contributed by atoms with Crippen LogP contribution >= 0.6 is 0 Å². The minimum atomic E-state index is -0.476. The molecule has 28 heavy (non-hydrogen) atoms. The smallest absolute Gasteiger partial charge is 0.276 e. The fraction of sp³-hybridized carbons (Fsp3) is 0.143. The van der Waals surface area contributed by atoms with Gasteiger partial charge in [-0.05, 0) is 18.2 Å². The number of carbonyl (C=O) groups is 2. The van der Waals surface area contributed by atoms with E-state index in [4.69, 9.17) is 4.74 Å². The van der Waals surface area contributed by atoms with Crippen molar-refractivity contribution in [2.45, 2.75) is 6.54 Å². The second-order valence-electron chi connectivity index (χ2n) is 6.00. The molecule has 3 rings (SSSR count). The van der Waals surface area contributed by atoms with E-state index < -0.39 is 5.91 Å². The van der Waals surface area contributed by atoms with E-state index in [0.29, 0.717) is 23.4 Å². The molecule has 0 radical (unpaired) electrons. The molecule has 1 amide bonds. The number of ketones is 1. The summed E-state index contributed by atoms with van der Waals surface area (Å²) in [5.74, 6) is -0.613. The normalized spacial score (nSPS) is 10.5. The van der Waals surface area contributed by atoms with Crippen molar-refractivity contribution >= 4 is 17.4 Å². The van der Waals surface area contributed by atoms with Crippen LogP contribution in [-0.4, -0.2) is 35.2 Å². The Morgan fingerprint density at radius 1 is 1.00 bits per heavy atom. The quantitative estimate of drug-likeness (QED) is 0.639. The van der Waals surface area contributed by atoms with Gasteiger partial charge in [0.25, 0.3) is 11.5 Å². The van der Waals surface area contributed by atoms with E-state index in [9.17, 15) is 14.4 Å². The van der Waals surface area contributed by atoms with Gasteiger partial charge in [-0.25, -0.2) is 4.68 Å². The van der Waals surface area contributed by atoms with Gasteiger partial charge in [-0.1, -0.05) is 42.5 Å². The molecular formula is C21H19N3O4. The van der Waals surface area contributed by atoms with Crippen LogP contribution in [0.25, 0.3) is 0 Å². The van der Waals surface area contributed by atoms with E-state index in [1.165, 1.54) is 23.9 Å². The molecule has 0 bridgehead atoms. The molecule has 2 aromatic carbocycles. The van der Waals surface area contributed by atoms with Crippen molar-refractivity contribution < 1.29 is 14.3 Å². The molecule has 3 aromatic rings. The first-order valence-corrected chi connectivity index (χ1v) is 8.67.